The number of nitrogens with one attached hydrogen (secondary N) is 2. The van der Waals surface area contributed by atoms with Gasteiger partial charge < -0.3 is 10.1 Å². The minimum absolute atomic E-state index is 0.00242. The van der Waals surface area contributed by atoms with E-state index in [9.17, 15) is 18.0 Å². The molecule has 4 aromatic rings. The van der Waals surface area contributed by atoms with E-state index in [0.717, 1.165) is 11.1 Å². The third-order valence-electron chi connectivity index (χ3n) is 6.18. The molecule has 10 heteroatoms. The first-order chi connectivity index (χ1) is 19.7. The fraction of sp³-hybridized carbons (Fsp3) is 0.129. The van der Waals surface area contributed by atoms with Crippen LogP contribution in [-0.2, 0) is 21.4 Å². The van der Waals surface area contributed by atoms with Crippen molar-refractivity contribution in [3.63, 3.8) is 0 Å². The summed E-state index contributed by atoms with van der Waals surface area (Å²) in [6, 6.07) is 28.7. The third kappa shape index (κ3) is 7.17. The molecule has 0 saturated heterocycles. The molecule has 0 radical (unpaired) electrons. The molecule has 0 spiro atoms. The molecule has 41 heavy (non-hydrogen) atoms. The summed E-state index contributed by atoms with van der Waals surface area (Å²) in [5.74, 6) is -0.224. The fourth-order valence-corrected chi connectivity index (χ4v) is 5.54. The quantitative estimate of drug-likeness (QED) is 0.201. The van der Waals surface area contributed by atoms with Crippen LogP contribution in [0.2, 0.25) is 0 Å². The zero-order chi connectivity index (χ0) is 29.4. The van der Waals surface area contributed by atoms with Crippen molar-refractivity contribution in [3.05, 3.63) is 120 Å². The SMILES string of the molecule is COc1ccc(S(=O)(=O)N(Cc2ccccc2)c2ccccc2C(=O)N/N=C(/C)c2ccc(NC(C)=O)cc2)cc1. The summed E-state index contributed by atoms with van der Waals surface area (Å²) < 4.78 is 34.3. The lowest BCUT2D eigenvalue weighted by molar-refractivity contribution is -0.114. The Morgan fingerprint density at radius 2 is 1.46 bits per heavy atom. The lowest BCUT2D eigenvalue weighted by Crippen LogP contribution is -2.33. The number of carbonyl (C=O) groups excluding carboxylic acids is 2. The van der Waals surface area contributed by atoms with Crippen LogP contribution in [0.3, 0.4) is 0 Å². The van der Waals surface area contributed by atoms with Crippen molar-refractivity contribution in [1.29, 1.82) is 0 Å². The molecule has 2 amide bonds. The number of methoxy groups -OCH3 is 1. The number of hydrogen-bond donors (Lipinski definition) is 2. The van der Waals surface area contributed by atoms with E-state index in [1.54, 1.807) is 67.6 Å². The van der Waals surface area contributed by atoms with Gasteiger partial charge in [-0.3, -0.25) is 13.9 Å². The molecule has 0 fully saturated rings. The van der Waals surface area contributed by atoms with Gasteiger partial charge in [0.1, 0.15) is 5.75 Å². The average Bonchev–Trinajstić information content (AvgIpc) is 2.99. The summed E-state index contributed by atoms with van der Waals surface area (Å²) in [7, 11) is -2.58. The molecule has 0 aliphatic carbocycles. The molecule has 0 unspecified atom stereocenters. The normalized spacial score (nSPS) is 11.4. The molecular weight excluding hydrogens is 540 g/mol. The molecule has 0 aliphatic rings. The number of rotatable bonds is 10. The van der Waals surface area contributed by atoms with E-state index in [1.165, 1.54) is 30.5 Å². The van der Waals surface area contributed by atoms with Gasteiger partial charge in [0.05, 0.1) is 35.5 Å². The monoisotopic (exact) mass is 570 g/mol. The van der Waals surface area contributed by atoms with Crippen LogP contribution in [0.15, 0.2) is 113 Å². The Morgan fingerprint density at radius 3 is 2.10 bits per heavy atom. The number of ether oxygens (including phenoxy) is 1. The molecule has 0 aliphatic heterocycles. The van der Waals surface area contributed by atoms with E-state index in [-0.39, 0.29) is 28.6 Å². The Labute approximate surface area is 239 Å². The second-order valence-electron chi connectivity index (χ2n) is 9.09. The van der Waals surface area contributed by atoms with E-state index in [0.29, 0.717) is 17.1 Å². The highest BCUT2D eigenvalue weighted by molar-refractivity contribution is 7.92. The van der Waals surface area contributed by atoms with E-state index >= 15 is 0 Å². The average molecular weight is 571 g/mol. The lowest BCUT2D eigenvalue weighted by atomic mass is 10.1. The van der Waals surface area contributed by atoms with Crippen LogP contribution in [0.5, 0.6) is 5.75 Å². The van der Waals surface area contributed by atoms with Gasteiger partial charge in [-0.2, -0.15) is 5.10 Å². The first kappa shape index (κ1) is 29.0. The predicted molar refractivity (Wildman–Crippen MR) is 160 cm³/mol. The van der Waals surface area contributed by atoms with Gasteiger partial charge in [0.2, 0.25) is 5.91 Å². The van der Waals surface area contributed by atoms with Gasteiger partial charge in [0, 0.05) is 12.6 Å². The number of anilines is 2. The van der Waals surface area contributed by atoms with Crippen molar-refractivity contribution < 1.29 is 22.7 Å². The van der Waals surface area contributed by atoms with Crippen LogP contribution in [0.4, 0.5) is 11.4 Å². The van der Waals surface area contributed by atoms with Crippen molar-refractivity contribution in [2.45, 2.75) is 25.3 Å². The number of hydrogen-bond acceptors (Lipinski definition) is 6. The minimum atomic E-state index is -4.09. The number of benzene rings is 4. The summed E-state index contributed by atoms with van der Waals surface area (Å²) in [6.45, 7) is 3.16. The van der Waals surface area contributed by atoms with Gasteiger partial charge >= 0.3 is 0 Å². The van der Waals surface area contributed by atoms with Crippen LogP contribution in [0.1, 0.15) is 35.3 Å². The molecule has 4 rings (SSSR count). The molecule has 9 nitrogen and oxygen atoms in total. The molecule has 0 bridgehead atoms. The van der Waals surface area contributed by atoms with E-state index in [4.69, 9.17) is 4.74 Å². The largest absolute Gasteiger partial charge is 0.497 e. The number of nitrogens with zero attached hydrogens (tertiary/aromatic N) is 2. The van der Waals surface area contributed by atoms with Gasteiger partial charge in [0.15, 0.2) is 0 Å². The summed E-state index contributed by atoms with van der Waals surface area (Å²) in [5.41, 5.74) is 5.54. The molecule has 4 aromatic carbocycles. The summed E-state index contributed by atoms with van der Waals surface area (Å²) >= 11 is 0. The van der Waals surface area contributed by atoms with Gasteiger partial charge in [-0.05, 0) is 66.6 Å². The molecule has 0 heterocycles. The Balaban J connectivity index is 1.66. The molecule has 210 valence electrons. The molecular formula is C31H30N4O5S. The second kappa shape index (κ2) is 12.9. The van der Waals surface area contributed by atoms with Crippen LogP contribution in [0, 0.1) is 0 Å². The van der Waals surface area contributed by atoms with Crippen molar-refractivity contribution >= 4 is 38.9 Å². The summed E-state index contributed by atoms with van der Waals surface area (Å²) in [6.07, 6.45) is 0. The number of hydrazone groups is 1. The van der Waals surface area contributed by atoms with Crippen LogP contribution in [0.25, 0.3) is 0 Å². The molecule has 2 N–H and O–H groups in total. The Hall–Kier alpha value is -4.96. The first-order valence-corrected chi connectivity index (χ1v) is 14.2. The van der Waals surface area contributed by atoms with Crippen molar-refractivity contribution in [3.8, 4) is 5.75 Å². The zero-order valence-electron chi connectivity index (χ0n) is 22.9. The number of carbonyl (C=O) groups is 2. The molecule has 0 saturated carbocycles. The van der Waals surface area contributed by atoms with Gasteiger partial charge in [0.25, 0.3) is 15.9 Å². The van der Waals surface area contributed by atoms with Crippen LogP contribution in [-0.4, -0.2) is 33.1 Å². The van der Waals surface area contributed by atoms with E-state index in [2.05, 4.69) is 15.8 Å². The van der Waals surface area contributed by atoms with E-state index < -0.39 is 15.9 Å². The topological polar surface area (TPSA) is 117 Å². The first-order valence-electron chi connectivity index (χ1n) is 12.7. The zero-order valence-corrected chi connectivity index (χ0v) is 23.7. The second-order valence-corrected chi connectivity index (χ2v) is 10.9. The van der Waals surface area contributed by atoms with Crippen molar-refractivity contribution in [2.24, 2.45) is 5.10 Å². The number of sulfonamides is 1. The van der Waals surface area contributed by atoms with E-state index in [1.807, 2.05) is 30.3 Å². The van der Waals surface area contributed by atoms with Crippen molar-refractivity contribution in [2.75, 3.05) is 16.7 Å². The maximum absolute atomic E-state index is 14.0. The highest BCUT2D eigenvalue weighted by Crippen LogP contribution is 2.30. The summed E-state index contributed by atoms with van der Waals surface area (Å²) in [4.78, 5) is 24.7. The van der Waals surface area contributed by atoms with Gasteiger partial charge in [-0.25, -0.2) is 13.8 Å². The lowest BCUT2D eigenvalue weighted by Gasteiger charge is -2.26. The van der Waals surface area contributed by atoms with Crippen LogP contribution < -0.4 is 19.8 Å². The Morgan fingerprint density at radius 1 is 0.829 bits per heavy atom. The van der Waals surface area contributed by atoms with Crippen molar-refractivity contribution in [1.82, 2.24) is 5.43 Å². The number of para-hydroxylation sites is 1. The Kier molecular flexibility index (Phi) is 9.15. The molecule has 0 atom stereocenters. The highest BCUT2D eigenvalue weighted by Gasteiger charge is 2.28. The minimum Gasteiger partial charge on any atom is -0.497 e. The Bertz CT molecular complexity index is 1650. The van der Waals surface area contributed by atoms with Crippen LogP contribution >= 0.6 is 0 Å². The van der Waals surface area contributed by atoms with Gasteiger partial charge in [-0.15, -0.1) is 0 Å². The smallest absolute Gasteiger partial charge is 0.273 e. The molecule has 0 aromatic heterocycles. The maximum atomic E-state index is 14.0. The summed E-state index contributed by atoms with van der Waals surface area (Å²) in [5, 5.41) is 6.93. The number of amides is 2. The maximum Gasteiger partial charge on any atom is 0.273 e. The fourth-order valence-electron chi connectivity index (χ4n) is 4.06. The predicted octanol–water partition coefficient (Wildman–Crippen LogP) is 5.20. The van der Waals surface area contributed by atoms with Gasteiger partial charge in [-0.1, -0.05) is 54.6 Å². The highest BCUT2D eigenvalue weighted by atomic mass is 32.2. The standard InChI is InChI=1S/C31H30N4O5S/c1-22(25-13-15-26(16-14-25)32-23(2)36)33-34-31(37)29-11-7-8-12-30(29)35(21-24-9-5-4-6-10-24)41(38,39)28-19-17-27(40-3)18-20-28/h4-20H,21H2,1-3H3,(H,32,36)(H,34,37)/b33-22-. The third-order valence-corrected chi connectivity index (χ3v) is 7.96.